The van der Waals surface area contributed by atoms with Gasteiger partial charge < -0.3 is 34.1 Å². The molecule has 13 nitrogen and oxygen atoms in total. The summed E-state index contributed by atoms with van der Waals surface area (Å²) >= 11 is 0. The first-order chi connectivity index (χ1) is 19.7. The third-order valence-electron chi connectivity index (χ3n) is 8.06. The first-order valence-electron chi connectivity index (χ1n) is 13.8. The number of nitrogens with zero attached hydrogens (tertiary/aromatic N) is 6. The second-order valence-electron chi connectivity index (χ2n) is 11.4. The van der Waals surface area contributed by atoms with E-state index in [0.29, 0.717) is 36.5 Å². The number of esters is 1. The number of cyclic esters (lactones) is 1. The molecule has 5 atom stereocenters. The summed E-state index contributed by atoms with van der Waals surface area (Å²) in [5, 5.41) is 0. The fraction of sp³-hybridized carbons (Fsp3) is 0.536. The topological polar surface area (TPSA) is 147 Å². The minimum Gasteiger partial charge on any atom is -0.444 e. The zero-order valence-corrected chi connectivity index (χ0v) is 23.4. The highest BCUT2D eigenvalue weighted by atomic mass is 16.8. The number of aromatic nitrogens is 4. The Kier molecular flexibility index (Phi) is 7.26. The molecule has 1 aliphatic carbocycles. The van der Waals surface area contributed by atoms with Gasteiger partial charge in [0.1, 0.15) is 30.6 Å². The lowest BCUT2D eigenvalue weighted by atomic mass is 10.0. The lowest BCUT2D eigenvalue weighted by Crippen LogP contribution is -2.41. The Balaban J connectivity index is 1.09. The van der Waals surface area contributed by atoms with Gasteiger partial charge in [0.2, 0.25) is 0 Å². The molecule has 3 aliphatic rings. The standard InChI is InChI=1S/C28H35N7O6/c1-28(2)40-22-18(11-20(23(22)41-28)34-15-32-21-24(29)30-14-31-25(21)34)12-33(3)10-9-19-26(36)39-16-35(19)27(37)38-13-17-7-5-4-6-8-17/h4-8,14-15,18-20,22-23H,9-13,16H2,1-3H3,(H2,29,30,31)/t18-,19+,20-,22-,23+/m1/s1. The lowest BCUT2D eigenvalue weighted by molar-refractivity contribution is -0.160. The smallest absolute Gasteiger partial charge is 0.413 e. The molecule has 3 fully saturated rings. The predicted molar refractivity (Wildman–Crippen MR) is 146 cm³/mol. The van der Waals surface area contributed by atoms with Crippen LogP contribution in [0.3, 0.4) is 0 Å². The summed E-state index contributed by atoms with van der Waals surface area (Å²) in [5.74, 6) is -0.648. The Morgan fingerprint density at radius 2 is 1.95 bits per heavy atom. The van der Waals surface area contributed by atoms with Gasteiger partial charge >= 0.3 is 12.1 Å². The van der Waals surface area contributed by atoms with Crippen LogP contribution in [0, 0.1) is 5.92 Å². The molecule has 4 heterocycles. The van der Waals surface area contributed by atoms with Crippen LogP contribution < -0.4 is 5.73 Å². The van der Waals surface area contributed by atoms with Crippen LogP contribution in [0.15, 0.2) is 43.0 Å². The molecule has 0 spiro atoms. The van der Waals surface area contributed by atoms with Gasteiger partial charge in [-0.1, -0.05) is 30.3 Å². The van der Waals surface area contributed by atoms with E-state index in [1.54, 1.807) is 6.33 Å². The molecule has 0 bridgehead atoms. The van der Waals surface area contributed by atoms with Crippen molar-refractivity contribution < 1.29 is 28.5 Å². The largest absolute Gasteiger partial charge is 0.444 e. The number of amides is 1. The number of fused-ring (bicyclic) bond motifs is 2. The molecule has 2 aromatic heterocycles. The molecule has 6 rings (SSSR count). The van der Waals surface area contributed by atoms with Crippen molar-refractivity contribution in [3.8, 4) is 0 Å². The van der Waals surface area contributed by atoms with Crippen molar-refractivity contribution in [2.75, 3.05) is 32.6 Å². The first kappa shape index (κ1) is 27.4. The number of rotatable bonds is 8. The van der Waals surface area contributed by atoms with Crippen molar-refractivity contribution in [1.29, 1.82) is 0 Å². The highest BCUT2D eigenvalue weighted by Crippen LogP contribution is 2.47. The maximum atomic E-state index is 12.7. The number of ether oxygens (including phenoxy) is 4. The Morgan fingerprint density at radius 1 is 1.17 bits per heavy atom. The molecule has 2 aliphatic heterocycles. The van der Waals surface area contributed by atoms with Crippen molar-refractivity contribution in [3.05, 3.63) is 48.5 Å². The van der Waals surface area contributed by atoms with Gasteiger partial charge in [-0.2, -0.15) is 0 Å². The molecule has 218 valence electrons. The van der Waals surface area contributed by atoms with Crippen LogP contribution in [0.4, 0.5) is 10.6 Å². The van der Waals surface area contributed by atoms with Crippen LogP contribution in [0.5, 0.6) is 0 Å². The number of carbonyl (C=O) groups is 2. The van der Waals surface area contributed by atoms with Gasteiger partial charge in [-0.15, -0.1) is 0 Å². The normalized spacial score (nSPS) is 27.0. The van der Waals surface area contributed by atoms with E-state index in [1.807, 2.05) is 55.8 Å². The molecule has 3 aromatic rings. The van der Waals surface area contributed by atoms with Crippen LogP contribution in [0.2, 0.25) is 0 Å². The molecular formula is C28H35N7O6. The van der Waals surface area contributed by atoms with Crippen LogP contribution in [0.1, 0.15) is 38.3 Å². The van der Waals surface area contributed by atoms with Crippen molar-refractivity contribution in [2.45, 2.75) is 63.4 Å². The summed E-state index contributed by atoms with van der Waals surface area (Å²) in [6, 6.07) is 8.67. The molecule has 1 amide bonds. The predicted octanol–water partition coefficient (Wildman–Crippen LogP) is 2.33. The fourth-order valence-corrected chi connectivity index (χ4v) is 6.16. The van der Waals surface area contributed by atoms with Gasteiger partial charge in [0.15, 0.2) is 24.0 Å². The highest BCUT2D eigenvalue weighted by molar-refractivity contribution is 5.84. The molecule has 1 aromatic carbocycles. The molecule has 0 unspecified atom stereocenters. The Morgan fingerprint density at radius 3 is 2.76 bits per heavy atom. The molecule has 0 radical (unpaired) electrons. The van der Waals surface area contributed by atoms with Gasteiger partial charge in [-0.05, 0) is 39.3 Å². The van der Waals surface area contributed by atoms with Crippen LogP contribution in [-0.4, -0.2) is 92.3 Å². The quantitative estimate of drug-likeness (QED) is 0.401. The van der Waals surface area contributed by atoms with Crippen LogP contribution in [0.25, 0.3) is 11.2 Å². The number of nitrogens with two attached hydrogens (primary N) is 1. The lowest BCUT2D eigenvalue weighted by Gasteiger charge is -2.27. The number of anilines is 1. The summed E-state index contributed by atoms with van der Waals surface area (Å²) in [5.41, 5.74) is 8.13. The number of benzene rings is 1. The van der Waals surface area contributed by atoms with E-state index in [4.69, 9.17) is 24.7 Å². The average Bonchev–Trinajstić information content (AvgIpc) is 3.69. The van der Waals surface area contributed by atoms with Crippen LogP contribution in [-0.2, 0) is 30.3 Å². The zero-order valence-electron chi connectivity index (χ0n) is 23.4. The maximum absolute atomic E-state index is 12.7. The van der Waals surface area contributed by atoms with E-state index in [-0.39, 0.29) is 37.5 Å². The third kappa shape index (κ3) is 5.44. The van der Waals surface area contributed by atoms with E-state index in [0.717, 1.165) is 12.0 Å². The summed E-state index contributed by atoms with van der Waals surface area (Å²) in [7, 11) is 2.00. The van der Waals surface area contributed by atoms with Gasteiger partial charge in [-0.25, -0.2) is 24.5 Å². The summed E-state index contributed by atoms with van der Waals surface area (Å²) in [6.45, 7) is 5.15. The Bertz CT molecular complexity index is 1420. The number of hydrogen-bond donors (Lipinski definition) is 1. The van der Waals surface area contributed by atoms with Crippen molar-refractivity contribution >= 4 is 29.0 Å². The molecule has 2 saturated heterocycles. The zero-order chi connectivity index (χ0) is 28.7. The van der Waals surface area contributed by atoms with Gasteiger partial charge in [0.05, 0.1) is 18.5 Å². The number of nitrogen functional groups attached to an aromatic ring is 1. The van der Waals surface area contributed by atoms with Crippen molar-refractivity contribution in [2.24, 2.45) is 5.92 Å². The molecular weight excluding hydrogens is 530 g/mol. The Hall–Kier alpha value is -3.81. The minimum absolute atomic E-state index is 0.0424. The van der Waals surface area contributed by atoms with Crippen molar-refractivity contribution in [3.63, 3.8) is 0 Å². The molecule has 1 saturated carbocycles. The van der Waals surface area contributed by atoms with Gasteiger partial charge in [0, 0.05) is 19.0 Å². The van der Waals surface area contributed by atoms with E-state index in [1.165, 1.54) is 11.2 Å². The highest BCUT2D eigenvalue weighted by Gasteiger charge is 2.55. The van der Waals surface area contributed by atoms with E-state index < -0.39 is 23.9 Å². The summed E-state index contributed by atoms with van der Waals surface area (Å²) < 4.78 is 25.4. The SMILES string of the molecule is CN(CC[C@H]1C(=O)OCN1C(=O)OCc1ccccc1)C[C@H]1C[C@@H](n2cnc3c(N)ncnc32)[C@@H]2OC(C)(C)O[C@H]12. The van der Waals surface area contributed by atoms with Crippen LogP contribution >= 0.6 is 0 Å². The number of imidazole rings is 1. The monoisotopic (exact) mass is 565 g/mol. The van der Waals surface area contributed by atoms with E-state index in [9.17, 15) is 9.59 Å². The summed E-state index contributed by atoms with van der Waals surface area (Å²) in [6.07, 6.45) is 3.52. The van der Waals surface area contributed by atoms with Crippen molar-refractivity contribution in [1.82, 2.24) is 29.3 Å². The third-order valence-corrected chi connectivity index (χ3v) is 8.06. The van der Waals surface area contributed by atoms with Gasteiger partial charge in [-0.3, -0.25) is 4.90 Å². The van der Waals surface area contributed by atoms with E-state index in [2.05, 4.69) is 19.9 Å². The number of carbonyl (C=O) groups excluding carboxylic acids is 2. The number of hydrogen-bond acceptors (Lipinski definition) is 11. The molecule has 2 N–H and O–H groups in total. The molecule has 41 heavy (non-hydrogen) atoms. The molecule has 13 heteroatoms. The second-order valence-corrected chi connectivity index (χ2v) is 11.4. The van der Waals surface area contributed by atoms with Gasteiger partial charge in [0.25, 0.3) is 0 Å². The Labute approximate surface area is 237 Å². The van der Waals surface area contributed by atoms with E-state index >= 15 is 0 Å². The minimum atomic E-state index is -0.719. The summed E-state index contributed by atoms with van der Waals surface area (Å²) in [4.78, 5) is 41.7. The average molecular weight is 566 g/mol. The first-order valence-corrected chi connectivity index (χ1v) is 13.8. The fourth-order valence-electron chi connectivity index (χ4n) is 6.16. The second kappa shape index (κ2) is 10.9. The maximum Gasteiger partial charge on any atom is 0.413 e.